The average Bonchev–Trinajstić information content (AvgIpc) is 2.94. The molecule has 3 heterocycles. The lowest BCUT2D eigenvalue weighted by molar-refractivity contribution is -0.384. The standard InChI is InChI=1S/C12H9BrN6O2/c13-8-5-10(19(20)21)12(15-6-8)16-7-9-1-3-14-11-2-4-17-18(9)11/h1-6H,7H2,(H,15,16). The van der Waals surface area contributed by atoms with E-state index in [0.717, 1.165) is 5.69 Å². The maximum atomic E-state index is 11.0. The first-order valence-corrected chi connectivity index (χ1v) is 6.76. The predicted molar refractivity (Wildman–Crippen MR) is 78.9 cm³/mol. The lowest BCUT2D eigenvalue weighted by Gasteiger charge is -2.07. The molecule has 0 saturated heterocycles. The third-order valence-corrected chi connectivity index (χ3v) is 3.27. The van der Waals surface area contributed by atoms with Gasteiger partial charge in [-0.3, -0.25) is 10.1 Å². The summed E-state index contributed by atoms with van der Waals surface area (Å²) in [6.07, 6.45) is 4.81. The van der Waals surface area contributed by atoms with Crippen molar-refractivity contribution in [2.75, 3.05) is 5.32 Å². The van der Waals surface area contributed by atoms with Crippen molar-refractivity contribution in [1.82, 2.24) is 19.6 Å². The number of hydrogen-bond donors (Lipinski definition) is 1. The van der Waals surface area contributed by atoms with Crippen LogP contribution in [-0.2, 0) is 6.54 Å². The van der Waals surface area contributed by atoms with Gasteiger partial charge in [-0.25, -0.2) is 14.5 Å². The van der Waals surface area contributed by atoms with E-state index >= 15 is 0 Å². The van der Waals surface area contributed by atoms with E-state index in [-0.39, 0.29) is 11.5 Å². The molecule has 0 aliphatic carbocycles. The number of nitrogens with one attached hydrogen (secondary N) is 1. The quantitative estimate of drug-likeness (QED) is 0.574. The lowest BCUT2D eigenvalue weighted by atomic mass is 10.3. The Morgan fingerprint density at radius 2 is 2.19 bits per heavy atom. The molecule has 0 aliphatic heterocycles. The third kappa shape index (κ3) is 2.68. The highest BCUT2D eigenvalue weighted by Crippen LogP contribution is 2.25. The summed E-state index contributed by atoms with van der Waals surface area (Å²) < 4.78 is 2.22. The van der Waals surface area contributed by atoms with Crippen LogP contribution in [0.15, 0.2) is 41.3 Å². The number of nitro groups is 1. The Morgan fingerprint density at radius 3 is 3.00 bits per heavy atom. The summed E-state index contributed by atoms with van der Waals surface area (Å²) >= 11 is 3.17. The summed E-state index contributed by atoms with van der Waals surface area (Å²) in [5.74, 6) is 0.209. The lowest BCUT2D eigenvalue weighted by Crippen LogP contribution is -2.09. The molecule has 1 N–H and O–H groups in total. The fourth-order valence-corrected chi connectivity index (χ4v) is 2.22. The van der Waals surface area contributed by atoms with Crippen LogP contribution in [0.3, 0.4) is 0 Å². The zero-order valence-corrected chi connectivity index (χ0v) is 12.2. The summed E-state index contributed by atoms with van der Waals surface area (Å²) in [6.45, 7) is 0.343. The SMILES string of the molecule is O=[N+]([O-])c1cc(Br)cnc1NCc1ccnc2ccnn12. The van der Waals surface area contributed by atoms with E-state index < -0.39 is 4.92 Å². The fraction of sp³-hybridized carbons (Fsp3) is 0.0833. The highest BCUT2D eigenvalue weighted by atomic mass is 79.9. The molecule has 106 valence electrons. The van der Waals surface area contributed by atoms with Gasteiger partial charge in [-0.2, -0.15) is 5.10 Å². The molecule has 21 heavy (non-hydrogen) atoms. The Bertz CT molecular complexity index is 818. The van der Waals surface area contributed by atoms with Crippen molar-refractivity contribution in [3.8, 4) is 0 Å². The summed E-state index contributed by atoms with van der Waals surface area (Å²) in [5, 5.41) is 18.1. The fourth-order valence-electron chi connectivity index (χ4n) is 1.90. The van der Waals surface area contributed by atoms with Crippen LogP contribution in [0, 0.1) is 10.1 Å². The van der Waals surface area contributed by atoms with Gasteiger partial charge in [0.2, 0.25) is 5.82 Å². The second-order valence-corrected chi connectivity index (χ2v) is 5.08. The average molecular weight is 349 g/mol. The number of halogens is 1. The van der Waals surface area contributed by atoms with E-state index in [0.29, 0.717) is 16.7 Å². The van der Waals surface area contributed by atoms with Crippen molar-refractivity contribution in [1.29, 1.82) is 0 Å². The van der Waals surface area contributed by atoms with Crippen LogP contribution in [-0.4, -0.2) is 24.5 Å². The zero-order chi connectivity index (χ0) is 14.8. The van der Waals surface area contributed by atoms with Gasteiger partial charge in [0.1, 0.15) is 0 Å². The molecular weight excluding hydrogens is 340 g/mol. The van der Waals surface area contributed by atoms with Gasteiger partial charge in [0.25, 0.3) is 0 Å². The van der Waals surface area contributed by atoms with Crippen molar-refractivity contribution in [3.05, 3.63) is 57.1 Å². The molecule has 0 aliphatic rings. The van der Waals surface area contributed by atoms with Crippen LogP contribution < -0.4 is 5.32 Å². The Balaban J connectivity index is 1.88. The summed E-state index contributed by atoms with van der Waals surface area (Å²) in [4.78, 5) is 18.8. The molecule has 0 saturated carbocycles. The minimum absolute atomic E-state index is 0.0878. The van der Waals surface area contributed by atoms with Gasteiger partial charge < -0.3 is 5.32 Å². The first-order chi connectivity index (χ1) is 10.1. The number of nitrogens with zero attached hydrogens (tertiary/aromatic N) is 5. The van der Waals surface area contributed by atoms with Crippen molar-refractivity contribution >= 4 is 33.1 Å². The second kappa shape index (κ2) is 5.44. The van der Waals surface area contributed by atoms with Crippen LogP contribution in [0.5, 0.6) is 0 Å². The van der Waals surface area contributed by atoms with Gasteiger partial charge in [0, 0.05) is 29.0 Å². The molecule has 0 radical (unpaired) electrons. The monoisotopic (exact) mass is 348 g/mol. The first kappa shape index (κ1) is 13.4. The first-order valence-electron chi connectivity index (χ1n) is 5.96. The third-order valence-electron chi connectivity index (χ3n) is 2.84. The van der Waals surface area contributed by atoms with Crippen LogP contribution in [0.2, 0.25) is 0 Å². The Morgan fingerprint density at radius 1 is 1.33 bits per heavy atom. The van der Waals surface area contributed by atoms with Crippen molar-refractivity contribution in [2.45, 2.75) is 6.54 Å². The van der Waals surface area contributed by atoms with Crippen LogP contribution in [0.1, 0.15) is 5.69 Å². The van der Waals surface area contributed by atoms with Crippen LogP contribution in [0.25, 0.3) is 5.65 Å². The molecule has 8 nitrogen and oxygen atoms in total. The molecule has 0 amide bonds. The van der Waals surface area contributed by atoms with Gasteiger partial charge in [0.05, 0.1) is 23.4 Å². The van der Waals surface area contributed by atoms with Crippen LogP contribution >= 0.6 is 15.9 Å². The topological polar surface area (TPSA) is 98.2 Å². The van der Waals surface area contributed by atoms with E-state index in [1.165, 1.54) is 12.3 Å². The molecular formula is C12H9BrN6O2. The highest BCUT2D eigenvalue weighted by Gasteiger charge is 2.16. The van der Waals surface area contributed by atoms with Crippen molar-refractivity contribution in [3.63, 3.8) is 0 Å². The van der Waals surface area contributed by atoms with Gasteiger partial charge in [-0.1, -0.05) is 0 Å². The summed E-state index contributed by atoms with van der Waals surface area (Å²) in [7, 11) is 0. The number of rotatable bonds is 4. The van der Waals surface area contributed by atoms with Gasteiger partial charge in [-0.05, 0) is 22.0 Å². The molecule has 0 spiro atoms. The highest BCUT2D eigenvalue weighted by molar-refractivity contribution is 9.10. The number of fused-ring (bicyclic) bond motifs is 1. The zero-order valence-electron chi connectivity index (χ0n) is 10.6. The second-order valence-electron chi connectivity index (χ2n) is 4.17. The summed E-state index contributed by atoms with van der Waals surface area (Å²) in [6, 6.07) is 4.98. The molecule has 3 rings (SSSR count). The predicted octanol–water partition coefficient (Wildman–Crippen LogP) is 2.41. The molecule has 0 unspecified atom stereocenters. The Kier molecular flexibility index (Phi) is 3.48. The molecule has 3 aromatic heterocycles. The smallest absolute Gasteiger partial charge is 0.312 e. The van der Waals surface area contributed by atoms with E-state index in [1.54, 1.807) is 29.0 Å². The summed E-state index contributed by atoms with van der Waals surface area (Å²) in [5.41, 5.74) is 1.45. The normalized spacial score (nSPS) is 10.7. The molecule has 0 aromatic carbocycles. The maximum Gasteiger partial charge on any atom is 0.312 e. The van der Waals surface area contributed by atoms with E-state index in [9.17, 15) is 10.1 Å². The van der Waals surface area contributed by atoms with Gasteiger partial charge in [-0.15, -0.1) is 0 Å². The van der Waals surface area contributed by atoms with Crippen LogP contribution in [0.4, 0.5) is 11.5 Å². The van der Waals surface area contributed by atoms with Crippen molar-refractivity contribution in [2.24, 2.45) is 0 Å². The number of hydrogen-bond acceptors (Lipinski definition) is 6. The Labute approximate surface area is 127 Å². The molecule has 0 bridgehead atoms. The van der Waals surface area contributed by atoms with E-state index in [1.807, 2.05) is 0 Å². The molecule has 9 heteroatoms. The van der Waals surface area contributed by atoms with Crippen molar-refractivity contribution < 1.29 is 4.92 Å². The largest absolute Gasteiger partial charge is 0.359 e. The van der Waals surface area contributed by atoms with Gasteiger partial charge >= 0.3 is 5.69 Å². The Hall–Kier alpha value is -2.55. The number of anilines is 1. The maximum absolute atomic E-state index is 11.0. The number of aromatic nitrogens is 4. The van der Waals surface area contributed by atoms with E-state index in [2.05, 4.69) is 36.3 Å². The molecule has 0 atom stereocenters. The minimum Gasteiger partial charge on any atom is -0.359 e. The molecule has 3 aromatic rings. The van der Waals surface area contributed by atoms with E-state index in [4.69, 9.17) is 0 Å². The number of pyridine rings is 1. The van der Waals surface area contributed by atoms with Gasteiger partial charge in [0.15, 0.2) is 5.65 Å². The minimum atomic E-state index is -0.476. The molecule has 0 fully saturated rings.